The van der Waals surface area contributed by atoms with Crippen LogP contribution in [0.4, 0.5) is 0 Å². The highest BCUT2D eigenvalue weighted by Crippen LogP contribution is 2.40. The predicted molar refractivity (Wildman–Crippen MR) is 155 cm³/mol. The summed E-state index contributed by atoms with van der Waals surface area (Å²) in [6.07, 6.45) is 1.37. The van der Waals surface area contributed by atoms with Gasteiger partial charge in [-0.2, -0.15) is 9.67 Å². The van der Waals surface area contributed by atoms with Crippen molar-refractivity contribution < 1.29 is 28.7 Å². The third kappa shape index (κ3) is 6.54. The minimum atomic E-state index is -0.346. The molecule has 0 radical (unpaired) electrons. The number of aromatic hydroxyl groups is 1. The van der Waals surface area contributed by atoms with Crippen LogP contribution in [0.15, 0.2) is 73.8 Å². The van der Waals surface area contributed by atoms with Gasteiger partial charge in [0.2, 0.25) is 5.75 Å². The van der Waals surface area contributed by atoms with Crippen molar-refractivity contribution in [3.05, 3.63) is 69.1 Å². The normalized spacial score (nSPS) is 11.0. The number of para-hydroxylation sites is 1. The number of hydrogen-bond donors (Lipinski definition) is 3. The maximum absolute atomic E-state index is 12.6. The molecule has 1 heterocycles. The van der Waals surface area contributed by atoms with Crippen molar-refractivity contribution >= 4 is 55.7 Å². The first-order valence-electron chi connectivity index (χ1n) is 11.3. The van der Waals surface area contributed by atoms with Crippen molar-refractivity contribution in [2.45, 2.75) is 5.16 Å². The number of hydrazone groups is 1. The van der Waals surface area contributed by atoms with Gasteiger partial charge < -0.3 is 19.3 Å². The van der Waals surface area contributed by atoms with Gasteiger partial charge in [-0.15, -0.1) is 5.10 Å². The molecule has 10 nitrogen and oxygen atoms in total. The van der Waals surface area contributed by atoms with Crippen LogP contribution in [0.1, 0.15) is 5.56 Å². The Morgan fingerprint density at radius 3 is 2.44 bits per heavy atom. The summed E-state index contributed by atoms with van der Waals surface area (Å²) in [6.45, 7) is 0. The van der Waals surface area contributed by atoms with E-state index in [9.17, 15) is 9.90 Å². The van der Waals surface area contributed by atoms with Gasteiger partial charge >= 0.3 is 5.16 Å². The number of nitrogens with zero attached hydrogens (tertiary/aromatic N) is 3. The number of halogens is 2. The van der Waals surface area contributed by atoms with Gasteiger partial charge in [-0.05, 0) is 64.1 Å². The number of carbonyl (C=O) groups excluding carboxylic acids is 1. The summed E-state index contributed by atoms with van der Waals surface area (Å²) in [6, 6.07) is 16.7. The van der Waals surface area contributed by atoms with E-state index in [1.54, 1.807) is 33.5 Å². The zero-order valence-electron chi connectivity index (χ0n) is 21.1. The van der Waals surface area contributed by atoms with Gasteiger partial charge in [0.05, 0.1) is 48.4 Å². The van der Waals surface area contributed by atoms with Crippen LogP contribution in [0, 0.1) is 0 Å². The largest absolute Gasteiger partial charge is 0.506 e. The number of thioether (sulfide) groups is 1. The lowest BCUT2D eigenvalue weighted by Crippen LogP contribution is -2.34. The number of hydrogen-bond acceptors (Lipinski definition) is 8. The average Bonchev–Trinajstić information content (AvgIpc) is 3.38. The first kappa shape index (κ1) is 28.5. The van der Waals surface area contributed by atoms with Gasteiger partial charge in [0.15, 0.2) is 11.5 Å². The number of phenols is 1. The number of H-pyrrole nitrogens is 1. The number of amides is 1. The van der Waals surface area contributed by atoms with Crippen LogP contribution < -0.4 is 24.2 Å². The Bertz CT molecular complexity index is 1490. The Labute approximate surface area is 245 Å². The number of ether oxygens (including phenoxy) is 3. The number of aromatic amines is 1. The van der Waals surface area contributed by atoms with Crippen LogP contribution in [-0.4, -0.2) is 54.5 Å². The third-order valence-electron chi connectivity index (χ3n) is 5.41. The Hall–Kier alpha value is -3.55. The van der Waals surface area contributed by atoms with Crippen molar-refractivity contribution in [2.24, 2.45) is 5.10 Å². The summed E-state index contributed by atoms with van der Waals surface area (Å²) in [5, 5.41) is 22.2. The van der Waals surface area contributed by atoms with E-state index in [0.717, 1.165) is 15.7 Å². The molecule has 0 bridgehead atoms. The zero-order chi connectivity index (χ0) is 27.9. The number of carbonyl (C=O) groups is 1. The summed E-state index contributed by atoms with van der Waals surface area (Å²) in [5.74, 6) is 1.83. The summed E-state index contributed by atoms with van der Waals surface area (Å²) in [7, 11) is 4.65. The number of phenolic OH excluding ortho intramolecular Hbond substituents is 1. The highest BCUT2D eigenvalue weighted by molar-refractivity contribution is 9.11. The smallest absolute Gasteiger partial charge is 0.342 e. The van der Waals surface area contributed by atoms with Crippen LogP contribution in [0.3, 0.4) is 0 Å². The Morgan fingerprint density at radius 1 is 1.10 bits per heavy atom. The molecule has 202 valence electrons. The summed E-state index contributed by atoms with van der Waals surface area (Å²) in [5.41, 5.74) is 4.50. The molecule has 39 heavy (non-hydrogen) atoms. The fourth-order valence-electron chi connectivity index (χ4n) is 3.64. The molecule has 4 rings (SSSR count). The molecule has 0 spiro atoms. The van der Waals surface area contributed by atoms with Gasteiger partial charge in [-0.3, -0.25) is 4.79 Å². The molecule has 0 aliphatic rings. The van der Waals surface area contributed by atoms with Gasteiger partial charge in [0.25, 0.3) is 11.7 Å². The van der Waals surface area contributed by atoms with E-state index in [4.69, 9.17) is 14.2 Å². The standard InChI is InChI=1S/C26H23Br2N5O5S/c1-36-20-10-15(11-21(37-2)24(20)38-3)25-31-32-26(33(25)18-7-5-4-6-8-18)39-14-22(34)30-29-13-16-9-17(27)12-19(28)23(16)35/h4-13H,14H2,1-3H3,(H2,29,30,34,35)/p+1. The lowest BCUT2D eigenvalue weighted by Gasteiger charge is -2.13. The maximum atomic E-state index is 12.6. The molecule has 1 aromatic heterocycles. The molecule has 0 aliphatic heterocycles. The van der Waals surface area contributed by atoms with Gasteiger partial charge in [0, 0.05) is 10.0 Å². The van der Waals surface area contributed by atoms with Gasteiger partial charge in [-0.1, -0.05) is 34.1 Å². The Kier molecular flexibility index (Phi) is 9.49. The van der Waals surface area contributed by atoms with Crippen LogP contribution >= 0.6 is 43.6 Å². The first-order valence-corrected chi connectivity index (χ1v) is 13.9. The SMILES string of the molecule is COc1cc(-c2[nH]nc(SCC(=O)N/N=C/c3cc(Br)cc(Br)c3O)[n+]2-c2ccccc2)cc(OC)c1OC. The second-order valence-corrected chi connectivity index (χ2v) is 10.6. The average molecular weight is 678 g/mol. The second-order valence-electron chi connectivity index (χ2n) is 7.85. The molecule has 0 aliphatic carbocycles. The van der Waals surface area contributed by atoms with Crippen molar-refractivity contribution in [1.82, 2.24) is 15.6 Å². The number of aromatic nitrogens is 3. The van der Waals surface area contributed by atoms with E-state index in [-0.39, 0.29) is 17.4 Å². The molecule has 3 N–H and O–H groups in total. The predicted octanol–water partition coefficient (Wildman–Crippen LogP) is 4.85. The van der Waals surface area contributed by atoms with Crippen molar-refractivity contribution in [2.75, 3.05) is 27.1 Å². The van der Waals surface area contributed by atoms with Crippen molar-refractivity contribution in [1.29, 1.82) is 0 Å². The minimum Gasteiger partial charge on any atom is -0.506 e. The first-order chi connectivity index (χ1) is 18.9. The molecule has 0 saturated carbocycles. The minimum absolute atomic E-state index is 0.0188. The molecule has 0 unspecified atom stereocenters. The molecule has 0 fully saturated rings. The molecule has 3 aromatic carbocycles. The van der Waals surface area contributed by atoms with E-state index in [0.29, 0.717) is 38.3 Å². The molecular formula is C26H24Br2N5O5S+. The molecule has 0 atom stereocenters. The van der Waals surface area contributed by atoms with E-state index in [1.807, 2.05) is 47.0 Å². The number of nitrogens with one attached hydrogen (secondary N) is 2. The van der Waals surface area contributed by atoms with E-state index >= 15 is 0 Å². The van der Waals surface area contributed by atoms with Crippen molar-refractivity contribution in [3.8, 4) is 40.1 Å². The van der Waals surface area contributed by atoms with E-state index < -0.39 is 0 Å². The number of methoxy groups -OCH3 is 3. The molecule has 1 amide bonds. The quantitative estimate of drug-likeness (QED) is 0.0950. The fraction of sp³-hybridized carbons (Fsp3) is 0.154. The molecule has 4 aromatic rings. The molecular weight excluding hydrogens is 654 g/mol. The number of rotatable bonds is 10. The highest BCUT2D eigenvalue weighted by atomic mass is 79.9. The fourth-order valence-corrected chi connectivity index (χ4v) is 5.66. The monoisotopic (exact) mass is 676 g/mol. The third-order valence-corrected chi connectivity index (χ3v) is 7.41. The van der Waals surface area contributed by atoms with Gasteiger partial charge in [0.1, 0.15) is 11.4 Å². The molecule has 13 heteroatoms. The summed E-state index contributed by atoms with van der Waals surface area (Å²) < 4.78 is 19.7. The lowest BCUT2D eigenvalue weighted by atomic mass is 10.1. The Morgan fingerprint density at radius 2 is 1.79 bits per heavy atom. The van der Waals surface area contributed by atoms with Crippen molar-refractivity contribution in [3.63, 3.8) is 0 Å². The topological polar surface area (TPSA) is 122 Å². The van der Waals surface area contributed by atoms with Gasteiger partial charge in [-0.25, -0.2) is 5.43 Å². The summed E-state index contributed by atoms with van der Waals surface area (Å²) in [4.78, 5) is 12.6. The second kappa shape index (κ2) is 13.0. The zero-order valence-corrected chi connectivity index (χ0v) is 25.1. The van der Waals surface area contributed by atoms with E-state index in [2.05, 4.69) is 52.6 Å². The van der Waals surface area contributed by atoms with Crippen LogP contribution in [0.2, 0.25) is 0 Å². The lowest BCUT2D eigenvalue weighted by molar-refractivity contribution is -0.625. The summed E-state index contributed by atoms with van der Waals surface area (Å²) >= 11 is 7.86. The maximum Gasteiger partial charge on any atom is 0.342 e. The van der Waals surface area contributed by atoms with Crippen LogP contribution in [0.25, 0.3) is 17.1 Å². The Balaban J connectivity index is 1.59. The van der Waals surface area contributed by atoms with E-state index in [1.165, 1.54) is 18.0 Å². The van der Waals surface area contributed by atoms with Crippen LogP contribution in [0.5, 0.6) is 23.0 Å². The highest BCUT2D eigenvalue weighted by Gasteiger charge is 2.27. The van der Waals surface area contributed by atoms with Crippen LogP contribution in [-0.2, 0) is 4.79 Å². The molecule has 0 saturated heterocycles. The number of benzene rings is 3.